The first-order valence-electron chi connectivity index (χ1n) is 9.53. The molecule has 0 aromatic carbocycles. The number of rotatable bonds is 11. The van der Waals surface area contributed by atoms with E-state index in [1.165, 1.54) is 30.3 Å². The highest BCUT2D eigenvalue weighted by atomic mass is 16.4. The van der Waals surface area contributed by atoms with Crippen LogP contribution in [0.4, 0.5) is 0 Å². The van der Waals surface area contributed by atoms with Crippen molar-refractivity contribution in [2.75, 3.05) is 0 Å². The minimum atomic E-state index is -0.813. The third kappa shape index (κ3) is 6.37. The molecule has 1 fully saturated rings. The average molecular weight is 366 g/mol. The molecule has 4 N–H and O–H groups in total. The van der Waals surface area contributed by atoms with Gasteiger partial charge in [0, 0.05) is 19.4 Å². The van der Waals surface area contributed by atoms with E-state index in [0.29, 0.717) is 43.8 Å². The molecule has 1 aromatic heterocycles. The Kier molecular flexibility index (Phi) is 7.97. The zero-order valence-corrected chi connectivity index (χ0v) is 15.2. The maximum Gasteiger partial charge on any atom is 0.328 e. The van der Waals surface area contributed by atoms with Crippen molar-refractivity contribution >= 4 is 5.97 Å². The number of unbranched alkanes of at least 4 members (excludes halogenated alkanes) is 1. The second-order valence-electron chi connectivity index (χ2n) is 7.17. The number of H-pyrrole nitrogens is 1. The molecule has 1 aromatic rings. The van der Waals surface area contributed by atoms with E-state index in [-0.39, 0.29) is 18.0 Å². The lowest BCUT2D eigenvalue weighted by molar-refractivity contribution is -0.137. The molecule has 7 nitrogen and oxygen atoms in total. The van der Waals surface area contributed by atoms with Crippen molar-refractivity contribution in [1.29, 1.82) is 0 Å². The fourth-order valence-corrected chi connectivity index (χ4v) is 3.65. The summed E-state index contributed by atoms with van der Waals surface area (Å²) in [6, 6.07) is 0. The van der Waals surface area contributed by atoms with E-state index in [2.05, 4.69) is 4.98 Å². The van der Waals surface area contributed by atoms with Crippen LogP contribution in [0.3, 0.4) is 0 Å². The second-order valence-corrected chi connectivity index (χ2v) is 7.17. The van der Waals surface area contributed by atoms with Crippen molar-refractivity contribution < 1.29 is 20.1 Å². The van der Waals surface area contributed by atoms with Gasteiger partial charge in [0.2, 0.25) is 5.88 Å². The maximum atomic E-state index is 12.0. The van der Waals surface area contributed by atoms with Gasteiger partial charge in [-0.1, -0.05) is 37.8 Å². The van der Waals surface area contributed by atoms with E-state index >= 15 is 0 Å². The van der Waals surface area contributed by atoms with Crippen molar-refractivity contribution in [3.8, 4) is 5.88 Å². The molecule has 0 saturated heterocycles. The smallest absolute Gasteiger partial charge is 0.328 e. The summed E-state index contributed by atoms with van der Waals surface area (Å²) in [5.41, 5.74) is 0.127. The Hall–Kier alpha value is -2.02. The van der Waals surface area contributed by atoms with Crippen LogP contribution in [0.5, 0.6) is 5.88 Å². The number of carbonyl (C=O) groups is 1. The summed E-state index contributed by atoms with van der Waals surface area (Å²) in [6.07, 6.45) is 11.1. The van der Waals surface area contributed by atoms with Crippen molar-refractivity contribution in [3.63, 3.8) is 0 Å². The fraction of sp³-hybridized carbons (Fsp3) is 0.684. The van der Waals surface area contributed by atoms with Gasteiger partial charge in [0.15, 0.2) is 0 Å². The van der Waals surface area contributed by atoms with Crippen LogP contribution in [0.1, 0.15) is 63.5 Å². The van der Waals surface area contributed by atoms with Gasteiger partial charge >= 0.3 is 11.7 Å². The van der Waals surface area contributed by atoms with Gasteiger partial charge in [0.25, 0.3) is 0 Å². The molecule has 146 valence electrons. The van der Waals surface area contributed by atoms with E-state index < -0.39 is 12.1 Å². The number of carboxylic acid groups (broad SMARTS) is 1. The number of hydrogen-bond acceptors (Lipinski definition) is 4. The van der Waals surface area contributed by atoms with Gasteiger partial charge in [-0.05, 0) is 31.6 Å². The summed E-state index contributed by atoms with van der Waals surface area (Å²) in [6.45, 7) is 0.367. The predicted octanol–water partition coefficient (Wildman–Crippen LogP) is 2.57. The van der Waals surface area contributed by atoms with Crippen LogP contribution in [0.15, 0.2) is 16.9 Å². The monoisotopic (exact) mass is 366 g/mol. The van der Waals surface area contributed by atoms with Crippen molar-refractivity contribution in [3.05, 3.63) is 28.3 Å². The van der Waals surface area contributed by atoms with Crippen LogP contribution in [0, 0.1) is 5.92 Å². The second kappa shape index (κ2) is 10.2. The summed E-state index contributed by atoms with van der Waals surface area (Å²) in [4.78, 5) is 24.9. The van der Waals surface area contributed by atoms with E-state index in [9.17, 15) is 19.8 Å². The topological polar surface area (TPSA) is 116 Å². The number of allylic oxidation sites excluding steroid dienone is 2. The number of aromatic hydroxyl groups is 1. The summed E-state index contributed by atoms with van der Waals surface area (Å²) < 4.78 is 1.48. The van der Waals surface area contributed by atoms with Crippen LogP contribution >= 0.6 is 0 Å². The molecule has 0 radical (unpaired) electrons. The third-order valence-electron chi connectivity index (χ3n) is 5.08. The number of aliphatic hydroxyl groups is 1. The predicted molar refractivity (Wildman–Crippen MR) is 98.2 cm³/mol. The molecule has 26 heavy (non-hydrogen) atoms. The van der Waals surface area contributed by atoms with Crippen LogP contribution in [0.2, 0.25) is 0 Å². The van der Waals surface area contributed by atoms with Gasteiger partial charge in [0.05, 0.1) is 11.8 Å². The van der Waals surface area contributed by atoms with Crippen molar-refractivity contribution in [2.24, 2.45) is 5.92 Å². The molecule has 7 heteroatoms. The Bertz CT molecular complexity index is 655. The first-order chi connectivity index (χ1) is 12.5. The number of hydrogen-bond donors (Lipinski definition) is 4. The Morgan fingerprint density at radius 2 is 2.04 bits per heavy atom. The quantitative estimate of drug-likeness (QED) is 0.355. The van der Waals surface area contributed by atoms with Crippen LogP contribution in [-0.4, -0.2) is 36.9 Å². The number of aliphatic hydroxyl groups excluding tert-OH is 1. The highest BCUT2D eigenvalue weighted by Crippen LogP contribution is 2.29. The van der Waals surface area contributed by atoms with Crippen LogP contribution in [-0.2, 0) is 17.8 Å². The molecular weight excluding hydrogens is 336 g/mol. The maximum absolute atomic E-state index is 12.0. The molecule has 0 amide bonds. The van der Waals surface area contributed by atoms with Gasteiger partial charge in [0.1, 0.15) is 0 Å². The molecule has 2 rings (SSSR count). The Balaban J connectivity index is 1.84. The number of aromatic nitrogens is 2. The zero-order valence-electron chi connectivity index (χ0n) is 15.2. The largest absolute Gasteiger partial charge is 0.493 e. The SMILES string of the molecule is O=C(O)CCCC=CCc1c(O)[nH]c(=O)n1CCC(O)CC1CCCC1. The summed E-state index contributed by atoms with van der Waals surface area (Å²) in [5.74, 6) is -0.364. The Morgan fingerprint density at radius 1 is 1.31 bits per heavy atom. The molecule has 0 spiro atoms. The first kappa shape index (κ1) is 20.3. The van der Waals surface area contributed by atoms with Crippen LogP contribution < -0.4 is 5.69 Å². The van der Waals surface area contributed by atoms with Gasteiger partial charge in [-0.2, -0.15) is 0 Å². The third-order valence-corrected chi connectivity index (χ3v) is 5.08. The molecule has 1 aliphatic rings. The van der Waals surface area contributed by atoms with Gasteiger partial charge in [-0.15, -0.1) is 0 Å². The fourth-order valence-electron chi connectivity index (χ4n) is 3.65. The molecule has 0 aliphatic heterocycles. The molecule has 1 atom stereocenters. The molecule has 1 unspecified atom stereocenters. The number of aliphatic carboxylic acids is 1. The minimum absolute atomic E-state index is 0.128. The van der Waals surface area contributed by atoms with E-state index in [1.54, 1.807) is 0 Å². The molecule has 1 aliphatic carbocycles. The van der Waals surface area contributed by atoms with Gasteiger partial charge < -0.3 is 15.3 Å². The minimum Gasteiger partial charge on any atom is -0.493 e. The normalized spacial score (nSPS) is 16.5. The summed E-state index contributed by atoms with van der Waals surface area (Å²) >= 11 is 0. The van der Waals surface area contributed by atoms with E-state index in [1.807, 2.05) is 12.2 Å². The van der Waals surface area contributed by atoms with E-state index in [4.69, 9.17) is 5.11 Å². The number of carboxylic acids is 1. The zero-order chi connectivity index (χ0) is 18.9. The molecular formula is C19H30N2O5. The number of nitrogens with one attached hydrogen (secondary N) is 1. The number of imidazole rings is 1. The Labute approximate surface area is 153 Å². The summed E-state index contributed by atoms with van der Waals surface area (Å²) in [5, 5.41) is 28.8. The van der Waals surface area contributed by atoms with Gasteiger partial charge in [-0.3, -0.25) is 14.3 Å². The first-order valence-corrected chi connectivity index (χ1v) is 9.53. The van der Waals surface area contributed by atoms with Crippen LogP contribution in [0.25, 0.3) is 0 Å². The van der Waals surface area contributed by atoms with Crippen molar-refractivity contribution in [1.82, 2.24) is 9.55 Å². The average Bonchev–Trinajstić information content (AvgIpc) is 3.17. The Morgan fingerprint density at radius 3 is 2.73 bits per heavy atom. The molecule has 1 heterocycles. The number of aromatic amines is 1. The molecule has 0 bridgehead atoms. The highest BCUT2D eigenvalue weighted by molar-refractivity contribution is 5.66. The number of nitrogens with zero attached hydrogens (tertiary/aromatic N) is 1. The van der Waals surface area contributed by atoms with Gasteiger partial charge in [-0.25, -0.2) is 4.79 Å². The molecule has 1 saturated carbocycles. The standard InChI is InChI=1S/C19H30N2O5/c22-15(13-14-7-5-6-8-14)11-12-21-16(18(25)20-19(21)26)9-3-1-2-4-10-17(23)24/h1,3,14-15,22,25H,2,4-13H2,(H,20,26)(H,23,24). The van der Waals surface area contributed by atoms with E-state index in [0.717, 1.165) is 6.42 Å². The van der Waals surface area contributed by atoms with Crippen molar-refractivity contribution in [2.45, 2.75) is 76.9 Å². The lowest BCUT2D eigenvalue weighted by Gasteiger charge is -2.15. The summed E-state index contributed by atoms with van der Waals surface area (Å²) in [7, 11) is 0. The lowest BCUT2D eigenvalue weighted by atomic mass is 9.98. The highest BCUT2D eigenvalue weighted by Gasteiger charge is 2.20. The lowest BCUT2D eigenvalue weighted by Crippen LogP contribution is -2.22.